The predicted molar refractivity (Wildman–Crippen MR) is 97.1 cm³/mol. The number of fused-ring (bicyclic) bond motifs is 3. The number of nitrogens with zero attached hydrogens (tertiary/aromatic N) is 1. The van der Waals surface area contributed by atoms with E-state index >= 15 is 0 Å². The van der Waals surface area contributed by atoms with Crippen LogP contribution in [0.5, 0.6) is 0 Å². The Bertz CT molecular complexity index is 988. The van der Waals surface area contributed by atoms with Gasteiger partial charge in [-0.1, -0.05) is 70.5 Å². The molecule has 3 aromatic carbocycles. The van der Waals surface area contributed by atoms with Gasteiger partial charge in [-0.3, -0.25) is 0 Å². The molecular formula is C20H14BrN. The molecule has 1 heterocycles. The fourth-order valence-corrected chi connectivity index (χ4v) is 3.21. The standard InChI is InChI=1S/C20H14BrN/c1-13-5-4-8-17-16-6-2-3-7-18(16)20(22-19(13)17)14-9-11-15(21)12-10-14/h2-12H,1H3. The normalized spacial score (nSPS) is 11.2. The van der Waals surface area contributed by atoms with Gasteiger partial charge in [0.05, 0.1) is 11.2 Å². The molecule has 0 fully saturated rings. The smallest absolute Gasteiger partial charge is 0.0788 e. The van der Waals surface area contributed by atoms with Crippen molar-refractivity contribution in [1.82, 2.24) is 4.98 Å². The van der Waals surface area contributed by atoms with Crippen LogP contribution in [-0.2, 0) is 0 Å². The monoisotopic (exact) mass is 347 g/mol. The van der Waals surface area contributed by atoms with Gasteiger partial charge in [-0.25, -0.2) is 4.98 Å². The summed E-state index contributed by atoms with van der Waals surface area (Å²) >= 11 is 3.50. The van der Waals surface area contributed by atoms with Crippen molar-refractivity contribution in [2.24, 2.45) is 0 Å². The highest BCUT2D eigenvalue weighted by Gasteiger charge is 2.10. The summed E-state index contributed by atoms with van der Waals surface area (Å²) in [6.07, 6.45) is 0. The minimum atomic E-state index is 1.05. The van der Waals surface area contributed by atoms with Crippen molar-refractivity contribution >= 4 is 37.6 Å². The van der Waals surface area contributed by atoms with Gasteiger partial charge in [0.2, 0.25) is 0 Å². The van der Waals surface area contributed by atoms with Crippen LogP contribution in [0, 0.1) is 6.92 Å². The van der Waals surface area contributed by atoms with Crippen molar-refractivity contribution in [3.63, 3.8) is 0 Å². The summed E-state index contributed by atoms with van der Waals surface area (Å²) < 4.78 is 1.08. The number of hydrogen-bond acceptors (Lipinski definition) is 1. The Hall–Kier alpha value is -2.19. The Labute approximate surface area is 137 Å². The first-order chi connectivity index (χ1) is 10.7. The largest absolute Gasteiger partial charge is 0.247 e. The summed E-state index contributed by atoms with van der Waals surface area (Å²) in [5.74, 6) is 0. The summed E-state index contributed by atoms with van der Waals surface area (Å²) in [6.45, 7) is 2.12. The zero-order valence-electron chi connectivity index (χ0n) is 12.2. The van der Waals surface area contributed by atoms with Gasteiger partial charge in [0, 0.05) is 20.8 Å². The van der Waals surface area contributed by atoms with Crippen molar-refractivity contribution in [2.75, 3.05) is 0 Å². The Morgan fingerprint density at radius 3 is 2.18 bits per heavy atom. The van der Waals surface area contributed by atoms with E-state index in [1.165, 1.54) is 21.7 Å². The molecule has 0 aliphatic carbocycles. The van der Waals surface area contributed by atoms with Gasteiger partial charge >= 0.3 is 0 Å². The van der Waals surface area contributed by atoms with Crippen LogP contribution < -0.4 is 0 Å². The summed E-state index contributed by atoms with van der Waals surface area (Å²) in [5, 5.41) is 3.67. The Balaban J connectivity index is 2.16. The van der Waals surface area contributed by atoms with Gasteiger partial charge in [0.15, 0.2) is 0 Å². The number of hydrogen-bond donors (Lipinski definition) is 0. The van der Waals surface area contributed by atoms with Crippen LogP contribution in [0.25, 0.3) is 32.9 Å². The van der Waals surface area contributed by atoms with E-state index in [-0.39, 0.29) is 0 Å². The van der Waals surface area contributed by atoms with Crippen LogP contribution in [0.1, 0.15) is 5.56 Å². The first-order valence-electron chi connectivity index (χ1n) is 7.28. The van der Waals surface area contributed by atoms with E-state index in [1.54, 1.807) is 0 Å². The third kappa shape index (κ3) is 2.11. The third-order valence-corrected chi connectivity index (χ3v) is 4.58. The number of pyridine rings is 1. The van der Waals surface area contributed by atoms with E-state index in [4.69, 9.17) is 4.98 Å². The molecule has 106 valence electrons. The fourth-order valence-electron chi connectivity index (χ4n) is 2.95. The molecule has 0 amide bonds. The number of halogens is 1. The minimum absolute atomic E-state index is 1.05. The van der Waals surface area contributed by atoms with Crippen LogP contribution in [-0.4, -0.2) is 4.98 Å². The van der Waals surface area contributed by atoms with Crippen LogP contribution in [0.3, 0.4) is 0 Å². The quantitative estimate of drug-likeness (QED) is 0.377. The summed E-state index contributed by atoms with van der Waals surface area (Å²) in [4.78, 5) is 4.99. The molecule has 1 aromatic heterocycles. The van der Waals surface area contributed by atoms with Crippen molar-refractivity contribution in [3.8, 4) is 11.3 Å². The van der Waals surface area contributed by atoms with E-state index in [2.05, 4.69) is 89.6 Å². The van der Waals surface area contributed by atoms with E-state index in [0.29, 0.717) is 0 Å². The van der Waals surface area contributed by atoms with Gasteiger partial charge in [0.1, 0.15) is 0 Å². The number of para-hydroxylation sites is 1. The van der Waals surface area contributed by atoms with Gasteiger partial charge in [-0.15, -0.1) is 0 Å². The number of rotatable bonds is 1. The SMILES string of the molecule is Cc1cccc2c1nc(-c1ccc(Br)cc1)c1ccccc12. The lowest BCUT2D eigenvalue weighted by Gasteiger charge is -2.11. The fraction of sp³-hybridized carbons (Fsp3) is 0.0500. The Morgan fingerprint density at radius 1 is 0.727 bits per heavy atom. The molecule has 0 atom stereocenters. The highest BCUT2D eigenvalue weighted by Crippen LogP contribution is 2.33. The molecule has 4 aromatic rings. The number of benzene rings is 3. The molecule has 0 radical (unpaired) electrons. The second-order valence-corrected chi connectivity index (χ2v) is 6.40. The van der Waals surface area contributed by atoms with Crippen LogP contribution >= 0.6 is 15.9 Å². The van der Waals surface area contributed by atoms with E-state index in [1.807, 2.05) is 0 Å². The number of aryl methyl sites for hydroxylation is 1. The Kier molecular flexibility index (Phi) is 3.20. The van der Waals surface area contributed by atoms with Gasteiger partial charge in [-0.05, 0) is 30.0 Å². The van der Waals surface area contributed by atoms with Crippen molar-refractivity contribution in [2.45, 2.75) is 6.92 Å². The van der Waals surface area contributed by atoms with Gasteiger partial charge < -0.3 is 0 Å². The zero-order valence-corrected chi connectivity index (χ0v) is 13.8. The lowest BCUT2D eigenvalue weighted by molar-refractivity contribution is 1.38. The summed E-state index contributed by atoms with van der Waals surface area (Å²) in [5.41, 5.74) is 4.48. The first kappa shape index (κ1) is 13.5. The lowest BCUT2D eigenvalue weighted by atomic mass is 9.99. The van der Waals surface area contributed by atoms with E-state index in [0.717, 1.165) is 21.2 Å². The first-order valence-corrected chi connectivity index (χ1v) is 8.07. The van der Waals surface area contributed by atoms with Crippen molar-refractivity contribution < 1.29 is 0 Å². The average molecular weight is 348 g/mol. The number of aromatic nitrogens is 1. The molecule has 0 aliphatic rings. The van der Waals surface area contributed by atoms with Crippen LogP contribution in [0.15, 0.2) is 71.2 Å². The predicted octanol–water partition coefficient (Wildman–Crippen LogP) is 6.13. The molecule has 2 heteroatoms. The summed E-state index contributed by atoms with van der Waals surface area (Å²) in [7, 11) is 0. The molecule has 0 aliphatic heterocycles. The molecule has 4 rings (SSSR count). The molecule has 0 unspecified atom stereocenters. The van der Waals surface area contributed by atoms with Crippen molar-refractivity contribution in [1.29, 1.82) is 0 Å². The third-order valence-electron chi connectivity index (χ3n) is 4.05. The van der Waals surface area contributed by atoms with Gasteiger partial charge in [-0.2, -0.15) is 0 Å². The lowest BCUT2D eigenvalue weighted by Crippen LogP contribution is -1.91. The maximum Gasteiger partial charge on any atom is 0.0788 e. The summed E-state index contributed by atoms with van der Waals surface area (Å²) in [6, 6.07) is 23.2. The zero-order chi connectivity index (χ0) is 15.1. The Morgan fingerprint density at radius 2 is 1.41 bits per heavy atom. The second kappa shape index (κ2) is 5.22. The molecule has 0 N–H and O–H groups in total. The topological polar surface area (TPSA) is 12.9 Å². The maximum atomic E-state index is 4.99. The molecule has 0 saturated carbocycles. The average Bonchev–Trinajstić information content (AvgIpc) is 2.55. The highest BCUT2D eigenvalue weighted by atomic mass is 79.9. The second-order valence-electron chi connectivity index (χ2n) is 5.48. The highest BCUT2D eigenvalue weighted by molar-refractivity contribution is 9.10. The molecule has 0 bridgehead atoms. The molecular weight excluding hydrogens is 334 g/mol. The van der Waals surface area contributed by atoms with Crippen LogP contribution in [0.4, 0.5) is 0 Å². The molecule has 0 saturated heterocycles. The molecule has 22 heavy (non-hydrogen) atoms. The maximum absolute atomic E-state index is 4.99. The van der Waals surface area contributed by atoms with Crippen molar-refractivity contribution in [3.05, 3.63) is 76.8 Å². The minimum Gasteiger partial charge on any atom is -0.247 e. The van der Waals surface area contributed by atoms with E-state index < -0.39 is 0 Å². The van der Waals surface area contributed by atoms with Gasteiger partial charge in [0.25, 0.3) is 0 Å². The van der Waals surface area contributed by atoms with E-state index in [9.17, 15) is 0 Å². The van der Waals surface area contributed by atoms with Crippen LogP contribution in [0.2, 0.25) is 0 Å². The molecule has 1 nitrogen and oxygen atoms in total. The molecule has 0 spiro atoms.